The van der Waals surface area contributed by atoms with Gasteiger partial charge in [0.2, 0.25) is 0 Å². The number of aryl methyl sites for hydroxylation is 1. The van der Waals surface area contributed by atoms with Crippen LogP contribution in [0.25, 0.3) is 0 Å². The SMILES string of the molecule is COc1ccc(C(=O)NC(=S)NNC(=O)COc2ccc(Br)cc2C)cc1I. The Morgan fingerprint density at radius 1 is 1.14 bits per heavy atom. The molecule has 0 saturated heterocycles. The van der Waals surface area contributed by atoms with E-state index in [2.05, 4.69) is 54.7 Å². The number of benzene rings is 2. The lowest BCUT2D eigenvalue weighted by Crippen LogP contribution is -2.49. The van der Waals surface area contributed by atoms with E-state index >= 15 is 0 Å². The number of hydrogen-bond donors (Lipinski definition) is 3. The molecule has 3 N–H and O–H groups in total. The molecule has 2 amide bonds. The topological polar surface area (TPSA) is 88.7 Å². The molecular formula is C18H17BrIN3O4S. The Kier molecular flexibility index (Phi) is 8.45. The van der Waals surface area contributed by atoms with E-state index in [0.717, 1.165) is 13.6 Å². The predicted molar refractivity (Wildman–Crippen MR) is 121 cm³/mol. The molecule has 0 aliphatic carbocycles. The van der Waals surface area contributed by atoms with E-state index < -0.39 is 11.8 Å². The molecule has 2 aromatic rings. The standard InChI is InChI=1S/C18H17BrIN3O4S/c1-10-7-12(19)4-6-14(10)27-9-16(24)22-23-18(28)21-17(25)11-3-5-15(26-2)13(20)8-11/h3-8H,9H2,1-2H3,(H,22,24)(H2,21,23,25,28). The lowest BCUT2D eigenvalue weighted by Gasteiger charge is -2.12. The van der Waals surface area contributed by atoms with Crippen molar-refractivity contribution in [2.24, 2.45) is 0 Å². The Morgan fingerprint density at radius 3 is 2.50 bits per heavy atom. The zero-order valence-electron chi connectivity index (χ0n) is 15.0. The van der Waals surface area contributed by atoms with Crippen LogP contribution >= 0.6 is 50.7 Å². The molecule has 2 rings (SSSR count). The van der Waals surface area contributed by atoms with E-state index in [-0.39, 0.29) is 11.7 Å². The largest absolute Gasteiger partial charge is 0.496 e. The second-order valence-corrected chi connectivity index (χ2v) is 7.99. The molecule has 148 valence electrons. The van der Waals surface area contributed by atoms with Crippen molar-refractivity contribution in [1.82, 2.24) is 16.2 Å². The second-order valence-electron chi connectivity index (χ2n) is 5.50. The van der Waals surface area contributed by atoms with Gasteiger partial charge in [-0.15, -0.1) is 0 Å². The number of amides is 2. The summed E-state index contributed by atoms with van der Waals surface area (Å²) in [6, 6.07) is 10.5. The van der Waals surface area contributed by atoms with Crippen LogP contribution < -0.4 is 25.6 Å². The molecule has 0 unspecified atom stereocenters. The van der Waals surface area contributed by atoms with Crippen molar-refractivity contribution >= 4 is 67.7 Å². The Labute approximate surface area is 189 Å². The van der Waals surface area contributed by atoms with Crippen molar-refractivity contribution in [1.29, 1.82) is 0 Å². The van der Waals surface area contributed by atoms with Crippen LogP contribution in [-0.2, 0) is 4.79 Å². The van der Waals surface area contributed by atoms with Gasteiger partial charge in [0.1, 0.15) is 11.5 Å². The van der Waals surface area contributed by atoms with Gasteiger partial charge in [0.05, 0.1) is 10.7 Å². The molecule has 0 aliphatic heterocycles. The maximum Gasteiger partial charge on any atom is 0.276 e. The number of carbonyl (C=O) groups excluding carboxylic acids is 2. The first-order chi connectivity index (χ1) is 13.3. The molecule has 0 heterocycles. The highest BCUT2D eigenvalue weighted by molar-refractivity contribution is 14.1. The van der Waals surface area contributed by atoms with E-state index in [1.807, 2.05) is 19.1 Å². The molecular weight excluding hydrogens is 561 g/mol. The normalized spacial score (nSPS) is 10.0. The molecule has 0 fully saturated rings. The van der Waals surface area contributed by atoms with Gasteiger partial charge in [0.15, 0.2) is 11.7 Å². The van der Waals surface area contributed by atoms with Crippen LogP contribution in [0.2, 0.25) is 0 Å². The first kappa shape index (κ1) is 22.4. The Balaban J connectivity index is 1.79. The van der Waals surface area contributed by atoms with Crippen LogP contribution in [0.5, 0.6) is 11.5 Å². The number of hydrogen-bond acceptors (Lipinski definition) is 5. The van der Waals surface area contributed by atoms with Gasteiger partial charge in [0.25, 0.3) is 11.8 Å². The molecule has 28 heavy (non-hydrogen) atoms. The van der Waals surface area contributed by atoms with E-state index in [9.17, 15) is 9.59 Å². The highest BCUT2D eigenvalue weighted by Gasteiger charge is 2.11. The smallest absolute Gasteiger partial charge is 0.276 e. The molecule has 7 nitrogen and oxygen atoms in total. The van der Waals surface area contributed by atoms with E-state index in [1.165, 1.54) is 0 Å². The summed E-state index contributed by atoms with van der Waals surface area (Å²) in [6.07, 6.45) is 0. The molecule has 0 aliphatic rings. The van der Waals surface area contributed by atoms with E-state index in [0.29, 0.717) is 17.1 Å². The minimum Gasteiger partial charge on any atom is -0.496 e. The number of rotatable bonds is 5. The lowest BCUT2D eigenvalue weighted by molar-refractivity contribution is -0.123. The third kappa shape index (κ3) is 6.60. The number of halogens is 2. The number of carbonyl (C=O) groups is 2. The van der Waals surface area contributed by atoms with Crippen molar-refractivity contribution in [3.05, 3.63) is 55.6 Å². The maximum absolute atomic E-state index is 12.2. The summed E-state index contributed by atoms with van der Waals surface area (Å²) in [5.74, 6) is 0.418. The number of thiocarbonyl (C=S) groups is 1. The van der Waals surface area contributed by atoms with Gasteiger partial charge in [-0.3, -0.25) is 25.8 Å². The van der Waals surface area contributed by atoms with Gasteiger partial charge >= 0.3 is 0 Å². The van der Waals surface area contributed by atoms with Crippen LogP contribution in [-0.4, -0.2) is 30.6 Å². The van der Waals surface area contributed by atoms with Gasteiger partial charge in [-0.05, 0) is 83.7 Å². The fourth-order valence-electron chi connectivity index (χ4n) is 2.09. The predicted octanol–water partition coefficient (Wildman–Crippen LogP) is 3.09. The van der Waals surface area contributed by atoms with Crippen molar-refractivity contribution in [3.8, 4) is 11.5 Å². The quantitative estimate of drug-likeness (QED) is 0.288. The summed E-state index contributed by atoms with van der Waals surface area (Å²) in [5, 5.41) is 2.44. The zero-order valence-corrected chi connectivity index (χ0v) is 19.5. The van der Waals surface area contributed by atoms with Crippen molar-refractivity contribution < 1.29 is 19.1 Å². The van der Waals surface area contributed by atoms with Crippen LogP contribution in [0.15, 0.2) is 40.9 Å². The van der Waals surface area contributed by atoms with Crippen molar-refractivity contribution in [3.63, 3.8) is 0 Å². The summed E-state index contributed by atoms with van der Waals surface area (Å²) in [6.45, 7) is 1.67. The summed E-state index contributed by atoms with van der Waals surface area (Å²) >= 11 is 10.4. The van der Waals surface area contributed by atoms with Crippen LogP contribution in [0.3, 0.4) is 0 Å². The molecule has 0 radical (unpaired) electrons. The second kappa shape index (κ2) is 10.6. The van der Waals surface area contributed by atoms with Gasteiger partial charge in [-0.25, -0.2) is 0 Å². The molecule has 0 saturated carbocycles. The van der Waals surface area contributed by atoms with E-state index in [1.54, 1.807) is 31.4 Å². The summed E-state index contributed by atoms with van der Waals surface area (Å²) < 4.78 is 12.3. The molecule has 0 aromatic heterocycles. The zero-order chi connectivity index (χ0) is 20.7. The summed E-state index contributed by atoms with van der Waals surface area (Å²) in [5.41, 5.74) is 6.14. The Hall–Kier alpha value is -1.92. The summed E-state index contributed by atoms with van der Waals surface area (Å²) in [7, 11) is 1.56. The van der Waals surface area contributed by atoms with E-state index in [4.69, 9.17) is 21.7 Å². The Morgan fingerprint density at radius 2 is 1.86 bits per heavy atom. The average molecular weight is 578 g/mol. The molecule has 0 atom stereocenters. The fraction of sp³-hybridized carbons (Fsp3) is 0.167. The molecule has 10 heteroatoms. The average Bonchev–Trinajstić information content (AvgIpc) is 2.65. The van der Waals surface area contributed by atoms with Gasteiger partial charge in [0, 0.05) is 10.0 Å². The van der Waals surface area contributed by atoms with Crippen molar-refractivity contribution in [2.75, 3.05) is 13.7 Å². The highest BCUT2D eigenvalue weighted by Crippen LogP contribution is 2.22. The van der Waals surface area contributed by atoms with Gasteiger partial charge < -0.3 is 9.47 Å². The van der Waals surface area contributed by atoms with Crippen LogP contribution in [0, 0.1) is 10.5 Å². The molecule has 0 spiro atoms. The first-order valence-corrected chi connectivity index (χ1v) is 10.2. The fourth-order valence-corrected chi connectivity index (χ4v) is 3.45. The minimum atomic E-state index is -0.446. The highest BCUT2D eigenvalue weighted by atomic mass is 127. The first-order valence-electron chi connectivity index (χ1n) is 7.93. The third-order valence-electron chi connectivity index (χ3n) is 3.45. The van der Waals surface area contributed by atoms with Gasteiger partial charge in [-0.2, -0.15) is 0 Å². The monoisotopic (exact) mass is 577 g/mol. The van der Waals surface area contributed by atoms with Crippen LogP contribution in [0.1, 0.15) is 15.9 Å². The summed E-state index contributed by atoms with van der Waals surface area (Å²) in [4.78, 5) is 24.1. The van der Waals surface area contributed by atoms with Crippen molar-refractivity contribution in [2.45, 2.75) is 6.92 Å². The number of hydrazine groups is 1. The number of ether oxygens (including phenoxy) is 2. The van der Waals surface area contributed by atoms with Crippen LogP contribution in [0.4, 0.5) is 0 Å². The minimum absolute atomic E-state index is 0.0380. The molecule has 0 bridgehead atoms. The third-order valence-corrected chi connectivity index (χ3v) is 4.99. The maximum atomic E-state index is 12.2. The molecule has 2 aromatic carbocycles. The lowest BCUT2D eigenvalue weighted by atomic mass is 10.2. The van der Waals surface area contributed by atoms with Gasteiger partial charge in [-0.1, -0.05) is 15.9 Å². The number of nitrogens with one attached hydrogen (secondary N) is 3. The Bertz CT molecular complexity index is 910. The number of methoxy groups -OCH3 is 1.